The van der Waals surface area contributed by atoms with Gasteiger partial charge >= 0.3 is 0 Å². The van der Waals surface area contributed by atoms with E-state index in [1.54, 1.807) is 12.0 Å². The average Bonchev–Trinajstić information content (AvgIpc) is 2.93. The Balaban J connectivity index is 1.82. The molecule has 1 aromatic rings. The van der Waals surface area contributed by atoms with E-state index in [0.29, 0.717) is 32.8 Å². The number of nitrogens with one attached hydrogen (secondary N) is 1. The summed E-state index contributed by atoms with van der Waals surface area (Å²) < 4.78 is 10.3. The van der Waals surface area contributed by atoms with Gasteiger partial charge in [0.05, 0.1) is 19.6 Å². The van der Waals surface area contributed by atoms with Gasteiger partial charge in [-0.25, -0.2) is 0 Å². The third-order valence-corrected chi connectivity index (χ3v) is 3.87. The predicted molar refractivity (Wildman–Crippen MR) is 86.0 cm³/mol. The van der Waals surface area contributed by atoms with E-state index >= 15 is 0 Å². The zero-order valence-corrected chi connectivity index (χ0v) is 13.7. The summed E-state index contributed by atoms with van der Waals surface area (Å²) in [6, 6.07) is 7.60. The van der Waals surface area contributed by atoms with Crippen LogP contribution in [0.25, 0.3) is 0 Å². The molecule has 0 radical (unpaired) electrons. The maximum Gasteiger partial charge on any atom is 0.225 e. The maximum absolute atomic E-state index is 12.1. The largest absolute Gasteiger partial charge is 0.497 e. The van der Waals surface area contributed by atoms with Crippen LogP contribution in [-0.2, 0) is 20.9 Å². The average molecular weight is 320 g/mol. The lowest BCUT2D eigenvalue weighted by molar-refractivity contribution is -0.129. The molecule has 23 heavy (non-hydrogen) atoms. The third kappa shape index (κ3) is 4.96. The van der Waals surface area contributed by atoms with E-state index in [4.69, 9.17) is 9.47 Å². The highest BCUT2D eigenvalue weighted by atomic mass is 16.5. The van der Waals surface area contributed by atoms with Crippen LogP contribution in [0.4, 0.5) is 0 Å². The minimum atomic E-state index is -0.276. The molecule has 0 aliphatic carbocycles. The van der Waals surface area contributed by atoms with Gasteiger partial charge in [-0.3, -0.25) is 9.59 Å². The van der Waals surface area contributed by atoms with Crippen molar-refractivity contribution < 1.29 is 19.1 Å². The van der Waals surface area contributed by atoms with Crippen LogP contribution in [0.3, 0.4) is 0 Å². The van der Waals surface area contributed by atoms with Gasteiger partial charge < -0.3 is 19.7 Å². The molecular formula is C17H24N2O4. The van der Waals surface area contributed by atoms with E-state index in [9.17, 15) is 9.59 Å². The normalized spacial score (nSPS) is 17.4. The molecule has 1 heterocycles. The van der Waals surface area contributed by atoms with Crippen LogP contribution in [-0.4, -0.2) is 50.1 Å². The van der Waals surface area contributed by atoms with Crippen molar-refractivity contribution in [3.05, 3.63) is 29.8 Å². The fourth-order valence-corrected chi connectivity index (χ4v) is 2.59. The molecular weight excluding hydrogens is 296 g/mol. The number of methoxy groups -OCH3 is 1. The molecule has 126 valence electrons. The first-order chi connectivity index (χ1) is 11.1. The van der Waals surface area contributed by atoms with E-state index in [1.807, 2.05) is 31.2 Å². The molecule has 0 spiro atoms. The minimum absolute atomic E-state index is 0.0192. The molecule has 1 saturated heterocycles. The van der Waals surface area contributed by atoms with Gasteiger partial charge in [0.15, 0.2) is 0 Å². The number of carbonyl (C=O) groups is 2. The Morgan fingerprint density at radius 1 is 1.35 bits per heavy atom. The lowest BCUT2D eigenvalue weighted by Crippen LogP contribution is -2.34. The van der Waals surface area contributed by atoms with E-state index in [0.717, 1.165) is 11.3 Å². The fraction of sp³-hybridized carbons (Fsp3) is 0.529. The second kappa shape index (κ2) is 8.53. The zero-order chi connectivity index (χ0) is 16.7. The highest BCUT2D eigenvalue weighted by Gasteiger charge is 2.33. The van der Waals surface area contributed by atoms with Crippen molar-refractivity contribution in [3.8, 4) is 5.75 Å². The van der Waals surface area contributed by atoms with Crippen LogP contribution >= 0.6 is 0 Å². The van der Waals surface area contributed by atoms with Gasteiger partial charge in [-0.1, -0.05) is 12.1 Å². The Hall–Kier alpha value is -2.08. The van der Waals surface area contributed by atoms with E-state index in [2.05, 4.69) is 5.32 Å². The Morgan fingerprint density at radius 3 is 2.74 bits per heavy atom. The molecule has 6 heteroatoms. The molecule has 1 fully saturated rings. The van der Waals surface area contributed by atoms with Crippen molar-refractivity contribution in [3.63, 3.8) is 0 Å². The van der Waals surface area contributed by atoms with Crippen molar-refractivity contribution in [1.82, 2.24) is 10.2 Å². The lowest BCUT2D eigenvalue weighted by Gasteiger charge is -2.17. The third-order valence-electron chi connectivity index (χ3n) is 3.87. The molecule has 1 aliphatic rings. The molecule has 2 rings (SSSR count). The van der Waals surface area contributed by atoms with Gasteiger partial charge in [-0.05, 0) is 24.6 Å². The molecule has 0 bridgehead atoms. The monoisotopic (exact) mass is 320 g/mol. The summed E-state index contributed by atoms with van der Waals surface area (Å²) in [7, 11) is 1.62. The lowest BCUT2D eigenvalue weighted by atomic mass is 10.1. The number of rotatable bonds is 8. The fourth-order valence-electron chi connectivity index (χ4n) is 2.59. The maximum atomic E-state index is 12.1. The summed E-state index contributed by atoms with van der Waals surface area (Å²) >= 11 is 0. The predicted octanol–water partition coefficient (Wildman–Crippen LogP) is 1.20. The van der Waals surface area contributed by atoms with Crippen LogP contribution in [0.2, 0.25) is 0 Å². The molecule has 1 atom stereocenters. The van der Waals surface area contributed by atoms with Gasteiger partial charge in [0.1, 0.15) is 5.75 Å². The Bertz CT molecular complexity index is 530. The van der Waals surface area contributed by atoms with Crippen LogP contribution in [0.5, 0.6) is 5.75 Å². The van der Waals surface area contributed by atoms with E-state index in [-0.39, 0.29) is 24.2 Å². The quantitative estimate of drug-likeness (QED) is 0.731. The molecule has 0 aromatic heterocycles. The molecule has 1 N–H and O–H groups in total. The number of nitrogens with zero attached hydrogens (tertiary/aromatic N) is 1. The highest BCUT2D eigenvalue weighted by molar-refractivity contribution is 5.89. The smallest absolute Gasteiger partial charge is 0.225 e. The number of ether oxygens (including phenoxy) is 2. The van der Waals surface area contributed by atoms with Crippen molar-refractivity contribution in [2.75, 3.05) is 33.4 Å². The number of likely N-dealkylation sites (tertiary alicyclic amines) is 1. The van der Waals surface area contributed by atoms with Crippen molar-refractivity contribution in [1.29, 1.82) is 0 Å². The minimum Gasteiger partial charge on any atom is -0.497 e. The Labute approximate surface area is 136 Å². The van der Waals surface area contributed by atoms with Crippen LogP contribution < -0.4 is 10.1 Å². The summed E-state index contributed by atoms with van der Waals surface area (Å²) in [4.78, 5) is 25.9. The van der Waals surface area contributed by atoms with Gasteiger partial charge in [0.2, 0.25) is 11.8 Å². The van der Waals surface area contributed by atoms with E-state index in [1.165, 1.54) is 0 Å². The van der Waals surface area contributed by atoms with Gasteiger partial charge in [-0.2, -0.15) is 0 Å². The first kappa shape index (κ1) is 17.3. The van der Waals surface area contributed by atoms with Gasteiger partial charge in [0, 0.05) is 32.7 Å². The highest BCUT2D eigenvalue weighted by Crippen LogP contribution is 2.21. The van der Waals surface area contributed by atoms with Crippen molar-refractivity contribution in [2.24, 2.45) is 5.92 Å². The topological polar surface area (TPSA) is 67.9 Å². The summed E-state index contributed by atoms with van der Waals surface area (Å²) in [5, 5.41) is 2.82. The van der Waals surface area contributed by atoms with Crippen LogP contribution in [0.1, 0.15) is 18.9 Å². The molecule has 1 aliphatic heterocycles. The van der Waals surface area contributed by atoms with Gasteiger partial charge in [0.25, 0.3) is 0 Å². The molecule has 1 aromatic carbocycles. The number of hydrogen-bond donors (Lipinski definition) is 1. The summed E-state index contributed by atoms with van der Waals surface area (Å²) in [5.74, 6) is 0.455. The number of amides is 2. The second-order valence-electron chi connectivity index (χ2n) is 5.51. The number of hydrogen-bond acceptors (Lipinski definition) is 4. The number of benzene rings is 1. The molecule has 6 nitrogen and oxygen atoms in total. The zero-order valence-electron chi connectivity index (χ0n) is 13.7. The van der Waals surface area contributed by atoms with Crippen LogP contribution in [0, 0.1) is 5.92 Å². The standard InChI is InChI=1S/C17H24N2O4/c1-3-23-9-8-18-17(21)14-10-16(20)19(12-14)11-13-4-6-15(22-2)7-5-13/h4-7,14H,3,8-12H2,1-2H3,(H,18,21). The number of carbonyl (C=O) groups excluding carboxylic acids is 2. The molecule has 0 saturated carbocycles. The van der Waals surface area contributed by atoms with Crippen molar-refractivity contribution in [2.45, 2.75) is 19.9 Å². The van der Waals surface area contributed by atoms with Gasteiger partial charge in [-0.15, -0.1) is 0 Å². The first-order valence-corrected chi connectivity index (χ1v) is 7.90. The summed E-state index contributed by atoms with van der Waals surface area (Å²) in [5.41, 5.74) is 1.02. The first-order valence-electron chi connectivity index (χ1n) is 7.90. The van der Waals surface area contributed by atoms with E-state index < -0.39 is 0 Å². The van der Waals surface area contributed by atoms with Crippen LogP contribution in [0.15, 0.2) is 24.3 Å². The molecule has 2 amide bonds. The molecule has 1 unspecified atom stereocenters. The SMILES string of the molecule is CCOCCNC(=O)C1CC(=O)N(Cc2ccc(OC)cc2)C1. The summed E-state index contributed by atoms with van der Waals surface area (Å²) in [6.07, 6.45) is 0.274. The Morgan fingerprint density at radius 2 is 2.09 bits per heavy atom. The Kier molecular flexibility index (Phi) is 6.40. The second-order valence-corrected chi connectivity index (χ2v) is 5.51. The summed E-state index contributed by atoms with van der Waals surface area (Å²) in [6.45, 7) is 4.51. The van der Waals surface area contributed by atoms with Crippen molar-refractivity contribution >= 4 is 11.8 Å².